The van der Waals surface area contributed by atoms with Crippen molar-refractivity contribution in [1.29, 1.82) is 0 Å². The lowest BCUT2D eigenvalue weighted by molar-refractivity contribution is -0.116. The maximum atomic E-state index is 12.9. The van der Waals surface area contributed by atoms with E-state index in [1.54, 1.807) is 12.1 Å². The van der Waals surface area contributed by atoms with Gasteiger partial charge in [0.15, 0.2) is 0 Å². The normalized spacial score (nSPS) is 13.5. The molecule has 94 valence electrons. The van der Waals surface area contributed by atoms with E-state index in [4.69, 9.17) is 0 Å². The SMILES string of the molecule is O=C1Cc2ccccc2N1C(=O)c1ccc(F)cc1. The molecule has 0 saturated carbocycles. The average Bonchev–Trinajstić information content (AvgIpc) is 2.74. The van der Waals surface area contributed by atoms with Gasteiger partial charge in [0.05, 0.1) is 12.1 Å². The third kappa shape index (κ3) is 1.91. The lowest BCUT2D eigenvalue weighted by Crippen LogP contribution is -2.33. The molecular formula is C15H10FNO2. The largest absolute Gasteiger partial charge is 0.274 e. The fourth-order valence-electron chi connectivity index (χ4n) is 2.20. The first kappa shape index (κ1) is 11.6. The number of para-hydroxylation sites is 1. The summed E-state index contributed by atoms with van der Waals surface area (Å²) in [7, 11) is 0. The zero-order chi connectivity index (χ0) is 13.4. The number of carbonyl (C=O) groups excluding carboxylic acids is 2. The maximum absolute atomic E-state index is 12.9. The molecule has 0 aromatic heterocycles. The second-order valence-corrected chi connectivity index (χ2v) is 4.35. The molecule has 0 spiro atoms. The van der Waals surface area contributed by atoms with Crippen molar-refractivity contribution in [3.05, 3.63) is 65.5 Å². The predicted octanol–water partition coefficient (Wildman–Crippen LogP) is 2.56. The summed E-state index contributed by atoms with van der Waals surface area (Å²) in [5, 5.41) is 0. The Balaban J connectivity index is 2.00. The molecule has 0 bridgehead atoms. The van der Waals surface area contributed by atoms with Crippen LogP contribution in [0.4, 0.5) is 10.1 Å². The summed E-state index contributed by atoms with van der Waals surface area (Å²) in [4.78, 5) is 25.4. The molecule has 2 aromatic carbocycles. The van der Waals surface area contributed by atoms with Crippen molar-refractivity contribution in [3.8, 4) is 0 Å². The lowest BCUT2D eigenvalue weighted by atomic mass is 10.1. The molecule has 0 saturated heterocycles. The molecule has 1 aliphatic heterocycles. The molecule has 0 aliphatic carbocycles. The van der Waals surface area contributed by atoms with Gasteiger partial charge in [-0.25, -0.2) is 9.29 Å². The second-order valence-electron chi connectivity index (χ2n) is 4.35. The number of fused-ring (bicyclic) bond motifs is 1. The minimum Gasteiger partial charge on any atom is -0.274 e. The van der Waals surface area contributed by atoms with Crippen LogP contribution in [-0.2, 0) is 11.2 Å². The topological polar surface area (TPSA) is 37.4 Å². The summed E-state index contributed by atoms with van der Waals surface area (Å²) in [6.45, 7) is 0. The van der Waals surface area contributed by atoms with Crippen LogP contribution < -0.4 is 4.90 Å². The van der Waals surface area contributed by atoms with Crippen LogP contribution in [0.3, 0.4) is 0 Å². The van der Waals surface area contributed by atoms with E-state index in [-0.39, 0.29) is 12.3 Å². The van der Waals surface area contributed by atoms with E-state index in [2.05, 4.69) is 0 Å². The molecule has 0 N–H and O–H groups in total. The molecule has 0 atom stereocenters. The van der Waals surface area contributed by atoms with Crippen LogP contribution in [0.15, 0.2) is 48.5 Å². The van der Waals surface area contributed by atoms with Crippen LogP contribution in [-0.4, -0.2) is 11.8 Å². The Morgan fingerprint density at radius 1 is 1.05 bits per heavy atom. The Bertz CT molecular complexity index is 664. The predicted molar refractivity (Wildman–Crippen MR) is 68.4 cm³/mol. The van der Waals surface area contributed by atoms with Crippen molar-refractivity contribution in [2.45, 2.75) is 6.42 Å². The monoisotopic (exact) mass is 255 g/mol. The standard InChI is InChI=1S/C15H10FNO2/c16-12-7-5-10(6-8-12)15(19)17-13-4-2-1-3-11(13)9-14(17)18/h1-8H,9H2. The smallest absolute Gasteiger partial charge is 0.265 e. The first-order valence-electron chi connectivity index (χ1n) is 5.87. The highest BCUT2D eigenvalue weighted by molar-refractivity contribution is 6.24. The van der Waals surface area contributed by atoms with E-state index < -0.39 is 11.7 Å². The molecule has 0 unspecified atom stereocenters. The maximum Gasteiger partial charge on any atom is 0.265 e. The summed E-state index contributed by atoms with van der Waals surface area (Å²) in [6.07, 6.45) is 0.225. The van der Waals surface area contributed by atoms with E-state index in [1.807, 2.05) is 12.1 Å². The summed E-state index contributed by atoms with van der Waals surface area (Å²) in [5.41, 5.74) is 1.75. The van der Waals surface area contributed by atoms with Gasteiger partial charge in [0, 0.05) is 5.56 Å². The van der Waals surface area contributed by atoms with Gasteiger partial charge in [-0.3, -0.25) is 9.59 Å². The van der Waals surface area contributed by atoms with E-state index >= 15 is 0 Å². The number of carbonyl (C=O) groups is 2. The van der Waals surface area contributed by atoms with Crippen LogP contribution in [0.25, 0.3) is 0 Å². The van der Waals surface area contributed by atoms with E-state index in [1.165, 1.54) is 24.3 Å². The zero-order valence-electron chi connectivity index (χ0n) is 9.97. The van der Waals surface area contributed by atoms with Gasteiger partial charge in [-0.05, 0) is 35.9 Å². The van der Waals surface area contributed by atoms with Gasteiger partial charge in [-0.2, -0.15) is 0 Å². The highest BCUT2D eigenvalue weighted by Crippen LogP contribution is 2.29. The molecule has 1 aliphatic rings. The molecule has 3 nitrogen and oxygen atoms in total. The summed E-state index contributed by atoms with van der Waals surface area (Å²) >= 11 is 0. The van der Waals surface area contributed by atoms with Crippen molar-refractivity contribution in [3.63, 3.8) is 0 Å². The number of benzene rings is 2. The van der Waals surface area contributed by atoms with Crippen LogP contribution in [0.1, 0.15) is 15.9 Å². The number of anilines is 1. The third-order valence-electron chi connectivity index (χ3n) is 3.12. The Hall–Kier alpha value is -2.49. The summed E-state index contributed by atoms with van der Waals surface area (Å²) in [6, 6.07) is 12.4. The van der Waals surface area contributed by atoms with E-state index in [9.17, 15) is 14.0 Å². The number of imide groups is 1. The second kappa shape index (κ2) is 4.31. The number of hydrogen-bond acceptors (Lipinski definition) is 2. The van der Waals surface area contributed by atoms with Crippen LogP contribution in [0, 0.1) is 5.82 Å². The highest BCUT2D eigenvalue weighted by Gasteiger charge is 2.32. The summed E-state index contributed by atoms with van der Waals surface area (Å²) < 4.78 is 12.9. The number of hydrogen-bond donors (Lipinski definition) is 0. The fourth-order valence-corrected chi connectivity index (χ4v) is 2.20. The van der Waals surface area contributed by atoms with Crippen molar-refractivity contribution in [2.75, 3.05) is 4.90 Å². The molecular weight excluding hydrogens is 245 g/mol. The Morgan fingerprint density at radius 3 is 2.47 bits per heavy atom. The average molecular weight is 255 g/mol. The molecule has 3 rings (SSSR count). The fraction of sp³-hybridized carbons (Fsp3) is 0.0667. The van der Waals surface area contributed by atoms with Gasteiger partial charge in [-0.15, -0.1) is 0 Å². The lowest BCUT2D eigenvalue weighted by Gasteiger charge is -2.15. The molecule has 1 heterocycles. The minimum atomic E-state index is -0.421. The van der Waals surface area contributed by atoms with Gasteiger partial charge in [0.25, 0.3) is 5.91 Å². The number of nitrogens with zero attached hydrogens (tertiary/aromatic N) is 1. The van der Waals surface area contributed by atoms with Gasteiger partial charge in [-0.1, -0.05) is 18.2 Å². The third-order valence-corrected chi connectivity index (χ3v) is 3.12. The Kier molecular flexibility index (Phi) is 2.63. The Labute approximate surface area is 109 Å². The van der Waals surface area contributed by atoms with Crippen molar-refractivity contribution < 1.29 is 14.0 Å². The number of rotatable bonds is 1. The Morgan fingerprint density at radius 2 is 1.74 bits per heavy atom. The van der Waals surface area contributed by atoms with Gasteiger partial charge in [0.1, 0.15) is 5.82 Å². The molecule has 2 amide bonds. The molecule has 19 heavy (non-hydrogen) atoms. The van der Waals surface area contributed by atoms with Crippen LogP contribution in [0.5, 0.6) is 0 Å². The summed E-state index contributed by atoms with van der Waals surface area (Å²) in [5.74, 6) is -1.09. The van der Waals surface area contributed by atoms with Crippen molar-refractivity contribution in [1.82, 2.24) is 0 Å². The molecule has 0 fully saturated rings. The van der Waals surface area contributed by atoms with Crippen LogP contribution in [0.2, 0.25) is 0 Å². The highest BCUT2D eigenvalue weighted by atomic mass is 19.1. The van der Waals surface area contributed by atoms with Gasteiger partial charge < -0.3 is 0 Å². The number of amides is 2. The van der Waals surface area contributed by atoms with Gasteiger partial charge >= 0.3 is 0 Å². The van der Waals surface area contributed by atoms with E-state index in [0.717, 1.165) is 10.5 Å². The van der Waals surface area contributed by atoms with Gasteiger partial charge in [0.2, 0.25) is 5.91 Å². The molecule has 4 heteroatoms. The quantitative estimate of drug-likeness (QED) is 0.734. The molecule has 0 radical (unpaired) electrons. The van der Waals surface area contributed by atoms with Crippen molar-refractivity contribution in [2.24, 2.45) is 0 Å². The zero-order valence-corrected chi connectivity index (χ0v) is 9.97. The van der Waals surface area contributed by atoms with Crippen molar-refractivity contribution >= 4 is 17.5 Å². The first-order valence-corrected chi connectivity index (χ1v) is 5.87. The van der Waals surface area contributed by atoms with Crippen LogP contribution >= 0.6 is 0 Å². The number of halogens is 1. The minimum absolute atomic E-state index is 0.225. The van der Waals surface area contributed by atoms with E-state index in [0.29, 0.717) is 11.3 Å². The molecule has 2 aromatic rings. The first-order chi connectivity index (χ1) is 9.16.